The molecule has 1 aliphatic heterocycles. The van der Waals surface area contributed by atoms with Crippen LogP contribution in [0.3, 0.4) is 0 Å². The molecule has 3 aromatic rings. The van der Waals surface area contributed by atoms with E-state index in [1.165, 1.54) is 16.9 Å². The van der Waals surface area contributed by atoms with E-state index in [0.29, 0.717) is 18.8 Å². The number of aryl methyl sites for hydroxylation is 1. The molecule has 31 heavy (non-hydrogen) atoms. The number of rotatable bonds is 7. The second-order valence-corrected chi connectivity index (χ2v) is 8.44. The van der Waals surface area contributed by atoms with Crippen molar-refractivity contribution in [2.45, 2.75) is 32.4 Å². The van der Waals surface area contributed by atoms with E-state index in [2.05, 4.69) is 4.98 Å². The summed E-state index contributed by atoms with van der Waals surface area (Å²) < 4.78 is 16.7. The lowest BCUT2D eigenvalue weighted by Gasteiger charge is -2.26. The average molecular weight is 439 g/mol. The molecule has 1 amide bonds. The molecule has 1 unspecified atom stereocenters. The Hall–Kier alpha value is -3.06. The van der Waals surface area contributed by atoms with Gasteiger partial charge < -0.3 is 19.1 Å². The van der Waals surface area contributed by atoms with Gasteiger partial charge in [-0.05, 0) is 44.0 Å². The van der Waals surface area contributed by atoms with Crippen molar-refractivity contribution in [1.29, 1.82) is 0 Å². The van der Waals surface area contributed by atoms with Gasteiger partial charge in [0.2, 0.25) is 0 Å². The van der Waals surface area contributed by atoms with Crippen LogP contribution >= 0.6 is 11.3 Å². The van der Waals surface area contributed by atoms with Gasteiger partial charge in [-0.2, -0.15) is 0 Å². The lowest BCUT2D eigenvalue weighted by molar-refractivity contribution is 0.0728. The average Bonchev–Trinajstić information content (AvgIpc) is 3.48. The molecular weight excluding hydrogens is 412 g/mol. The third-order valence-corrected chi connectivity index (χ3v) is 6.29. The van der Waals surface area contributed by atoms with Gasteiger partial charge in [-0.15, -0.1) is 11.3 Å². The molecule has 2 aromatic carbocycles. The number of carbonyl (C=O) groups excluding carboxylic acids is 1. The molecule has 1 saturated heterocycles. The summed E-state index contributed by atoms with van der Waals surface area (Å²) in [6.45, 7) is 3.08. The summed E-state index contributed by atoms with van der Waals surface area (Å²) in [5.74, 6) is 2.20. The third-order valence-electron chi connectivity index (χ3n) is 5.47. The first-order valence-electron chi connectivity index (χ1n) is 10.3. The first-order valence-corrected chi connectivity index (χ1v) is 11.1. The first kappa shape index (κ1) is 21.2. The van der Waals surface area contributed by atoms with Crippen LogP contribution in [-0.4, -0.2) is 36.6 Å². The predicted molar refractivity (Wildman–Crippen MR) is 120 cm³/mol. The molecule has 0 N–H and O–H groups in total. The molecule has 0 aliphatic carbocycles. The molecule has 0 spiro atoms. The van der Waals surface area contributed by atoms with Crippen LogP contribution in [0.5, 0.6) is 17.2 Å². The maximum Gasteiger partial charge on any atom is 0.273 e. The largest absolute Gasteiger partial charge is 0.497 e. The summed E-state index contributed by atoms with van der Waals surface area (Å²) in [7, 11) is 3.27. The molecule has 162 valence electrons. The Kier molecular flexibility index (Phi) is 6.42. The van der Waals surface area contributed by atoms with Gasteiger partial charge in [0.1, 0.15) is 34.6 Å². The molecule has 2 heterocycles. The van der Waals surface area contributed by atoms with Gasteiger partial charge in [-0.1, -0.05) is 17.7 Å². The highest BCUT2D eigenvalue weighted by molar-refractivity contribution is 7.09. The second-order valence-electron chi connectivity index (χ2n) is 7.49. The maximum atomic E-state index is 13.2. The van der Waals surface area contributed by atoms with Crippen LogP contribution in [0.15, 0.2) is 47.8 Å². The fourth-order valence-corrected chi connectivity index (χ4v) is 4.51. The fourth-order valence-electron chi connectivity index (χ4n) is 3.83. The highest BCUT2D eigenvalue weighted by Gasteiger charge is 2.33. The summed E-state index contributed by atoms with van der Waals surface area (Å²) in [6, 6.07) is 13.6. The third kappa shape index (κ3) is 4.66. The number of likely N-dealkylation sites (tertiary alicyclic amines) is 1. The molecule has 1 aromatic heterocycles. The van der Waals surface area contributed by atoms with Crippen molar-refractivity contribution in [2.75, 3.05) is 20.8 Å². The normalized spacial score (nSPS) is 15.7. The molecule has 1 aliphatic rings. The summed E-state index contributed by atoms with van der Waals surface area (Å²) >= 11 is 1.44. The number of nitrogens with zero attached hydrogens (tertiary/aromatic N) is 2. The molecule has 0 saturated carbocycles. The molecular formula is C24H26N2O4S. The smallest absolute Gasteiger partial charge is 0.273 e. The van der Waals surface area contributed by atoms with Crippen LogP contribution in [0, 0.1) is 6.92 Å². The zero-order chi connectivity index (χ0) is 21.8. The molecule has 1 fully saturated rings. The van der Waals surface area contributed by atoms with Crippen LogP contribution < -0.4 is 14.2 Å². The highest BCUT2D eigenvalue weighted by Crippen LogP contribution is 2.39. The minimum Gasteiger partial charge on any atom is -0.497 e. The Bertz CT molecular complexity index is 1050. The van der Waals surface area contributed by atoms with Crippen molar-refractivity contribution >= 4 is 17.2 Å². The molecule has 0 radical (unpaired) electrons. The van der Waals surface area contributed by atoms with Gasteiger partial charge >= 0.3 is 0 Å². The van der Waals surface area contributed by atoms with E-state index in [4.69, 9.17) is 14.2 Å². The lowest BCUT2D eigenvalue weighted by atomic mass is 10.0. The second kappa shape index (κ2) is 9.39. The molecule has 4 rings (SSSR count). The van der Waals surface area contributed by atoms with Crippen LogP contribution in [0.25, 0.3) is 0 Å². The number of carbonyl (C=O) groups is 1. The van der Waals surface area contributed by atoms with E-state index >= 15 is 0 Å². The zero-order valence-electron chi connectivity index (χ0n) is 18.0. The number of ether oxygens (including phenoxy) is 3. The number of amides is 1. The van der Waals surface area contributed by atoms with Gasteiger partial charge in [0, 0.05) is 23.6 Å². The van der Waals surface area contributed by atoms with E-state index in [1.807, 2.05) is 59.7 Å². The van der Waals surface area contributed by atoms with Crippen molar-refractivity contribution in [3.8, 4) is 17.2 Å². The summed E-state index contributed by atoms with van der Waals surface area (Å²) in [4.78, 5) is 19.7. The number of hydrogen-bond donors (Lipinski definition) is 0. The van der Waals surface area contributed by atoms with E-state index in [0.717, 1.165) is 40.7 Å². The Morgan fingerprint density at radius 3 is 2.65 bits per heavy atom. The van der Waals surface area contributed by atoms with Gasteiger partial charge in [0.15, 0.2) is 0 Å². The molecule has 1 atom stereocenters. The topological polar surface area (TPSA) is 60.9 Å². The van der Waals surface area contributed by atoms with E-state index in [1.54, 1.807) is 14.2 Å². The zero-order valence-corrected chi connectivity index (χ0v) is 18.8. The van der Waals surface area contributed by atoms with Crippen molar-refractivity contribution in [3.63, 3.8) is 0 Å². The number of hydrogen-bond acceptors (Lipinski definition) is 6. The maximum absolute atomic E-state index is 13.2. The van der Waals surface area contributed by atoms with Crippen LogP contribution in [0.2, 0.25) is 0 Å². The Morgan fingerprint density at radius 2 is 1.90 bits per heavy atom. The monoisotopic (exact) mass is 438 g/mol. The van der Waals surface area contributed by atoms with Crippen LogP contribution in [-0.2, 0) is 6.61 Å². The van der Waals surface area contributed by atoms with Crippen LogP contribution in [0.4, 0.5) is 0 Å². The van der Waals surface area contributed by atoms with E-state index < -0.39 is 0 Å². The molecule has 0 bridgehead atoms. The van der Waals surface area contributed by atoms with Crippen molar-refractivity contribution < 1.29 is 19.0 Å². The number of methoxy groups -OCH3 is 2. The Labute approximate surface area is 186 Å². The minimum absolute atomic E-state index is 0.0395. The predicted octanol–water partition coefficient (Wildman–Crippen LogP) is 5.03. The number of benzene rings is 2. The summed E-state index contributed by atoms with van der Waals surface area (Å²) in [5, 5.41) is 2.60. The summed E-state index contributed by atoms with van der Waals surface area (Å²) in [6.07, 6.45) is 1.83. The number of thiazole rings is 1. The fraction of sp³-hybridized carbons (Fsp3) is 0.333. The first-order chi connectivity index (χ1) is 15.1. The SMILES string of the molecule is COc1ccc(C2CCCN2C(=O)c2csc(COc3ccc(C)cc3)n2)c(OC)c1. The minimum atomic E-state index is -0.0572. The summed E-state index contributed by atoms with van der Waals surface area (Å²) in [5.41, 5.74) is 2.64. The standard InChI is InChI=1S/C24H26N2O4S/c1-16-6-8-17(9-7-16)30-14-23-25-20(15-31-23)24(27)26-12-4-5-21(26)19-11-10-18(28-2)13-22(19)29-3/h6-11,13,15,21H,4-5,12,14H2,1-3H3. The molecule has 7 heteroatoms. The van der Waals surface area contributed by atoms with Crippen molar-refractivity contribution in [1.82, 2.24) is 9.88 Å². The quantitative estimate of drug-likeness (QED) is 0.518. The Balaban J connectivity index is 1.47. The van der Waals surface area contributed by atoms with Crippen molar-refractivity contribution in [2.24, 2.45) is 0 Å². The van der Waals surface area contributed by atoms with E-state index in [9.17, 15) is 4.79 Å². The highest BCUT2D eigenvalue weighted by atomic mass is 32.1. The lowest BCUT2D eigenvalue weighted by Crippen LogP contribution is -2.31. The van der Waals surface area contributed by atoms with Gasteiger partial charge in [0.25, 0.3) is 5.91 Å². The number of aromatic nitrogens is 1. The Morgan fingerprint density at radius 1 is 1.13 bits per heavy atom. The van der Waals surface area contributed by atoms with Crippen LogP contribution in [0.1, 0.15) is 45.5 Å². The van der Waals surface area contributed by atoms with E-state index in [-0.39, 0.29) is 11.9 Å². The van der Waals surface area contributed by atoms with Gasteiger partial charge in [-0.25, -0.2) is 4.98 Å². The van der Waals surface area contributed by atoms with Crippen molar-refractivity contribution in [3.05, 3.63) is 69.7 Å². The molecule has 6 nitrogen and oxygen atoms in total. The van der Waals surface area contributed by atoms with Gasteiger partial charge in [0.05, 0.1) is 20.3 Å². The van der Waals surface area contributed by atoms with Gasteiger partial charge in [-0.3, -0.25) is 4.79 Å².